The highest BCUT2D eigenvalue weighted by Crippen LogP contribution is 2.26. The summed E-state index contributed by atoms with van der Waals surface area (Å²) >= 11 is 3.23. The highest BCUT2D eigenvalue weighted by atomic mass is 32.2. The lowest BCUT2D eigenvalue weighted by Gasteiger charge is -2.10. The minimum Gasteiger partial charge on any atom is -0.337 e. The zero-order valence-electron chi connectivity index (χ0n) is 17.4. The second kappa shape index (κ2) is 9.76. The normalized spacial score (nSPS) is 11.5. The maximum absolute atomic E-state index is 4.58. The first-order valence-corrected chi connectivity index (χ1v) is 11.8. The van der Waals surface area contributed by atoms with Crippen LogP contribution >= 0.6 is 23.7 Å². The molecular weight excluding hydrogens is 422 g/mol. The number of imidazole rings is 1. The molecule has 0 bridgehead atoms. The molecule has 0 atom stereocenters. The number of allylic oxidation sites excluding steroid dienone is 2. The molecule has 2 N–H and O–H groups in total. The van der Waals surface area contributed by atoms with Crippen LogP contribution in [0.15, 0.2) is 90.1 Å². The minimum atomic E-state index is 0.705. The summed E-state index contributed by atoms with van der Waals surface area (Å²) in [5.74, 6) is 0.705. The van der Waals surface area contributed by atoms with Crippen molar-refractivity contribution in [3.05, 3.63) is 96.4 Å². The molecule has 4 rings (SSSR count). The third-order valence-corrected chi connectivity index (χ3v) is 5.98. The molecule has 0 saturated carbocycles. The Bertz CT molecular complexity index is 1210. The first-order valence-electron chi connectivity index (χ1n) is 9.72. The summed E-state index contributed by atoms with van der Waals surface area (Å²) in [6.07, 6.45) is 9.40. The zero-order valence-corrected chi connectivity index (χ0v) is 19.0. The molecule has 0 amide bonds. The van der Waals surface area contributed by atoms with Crippen molar-refractivity contribution in [3.63, 3.8) is 0 Å². The predicted octanol–water partition coefficient (Wildman–Crippen LogP) is 6.79. The van der Waals surface area contributed by atoms with Crippen LogP contribution in [0.2, 0.25) is 0 Å². The average Bonchev–Trinajstić information content (AvgIpc) is 3.23. The summed E-state index contributed by atoms with van der Waals surface area (Å²) < 4.78 is 5.40. The van der Waals surface area contributed by atoms with Crippen molar-refractivity contribution >= 4 is 52.1 Å². The van der Waals surface area contributed by atoms with Crippen LogP contribution < -0.4 is 10.0 Å². The van der Waals surface area contributed by atoms with Gasteiger partial charge in [-0.2, -0.15) is 0 Å². The fraction of sp³-hybridized carbons (Fsp3) is 0.0833. The third-order valence-electron chi connectivity index (χ3n) is 4.64. The summed E-state index contributed by atoms with van der Waals surface area (Å²) in [6, 6.07) is 16.6. The van der Waals surface area contributed by atoms with E-state index in [4.69, 9.17) is 0 Å². The van der Waals surface area contributed by atoms with Crippen LogP contribution in [0.5, 0.6) is 0 Å². The number of fused-ring (bicyclic) bond motifs is 1. The molecule has 2 heterocycles. The van der Waals surface area contributed by atoms with Gasteiger partial charge in [-0.05, 0) is 66.9 Å². The SMILES string of the molecule is C=C/C(=C\SC)c1cnc2c(Nc3ccc(NSc4ccc(C)cc4)cc3)nccn12. The van der Waals surface area contributed by atoms with Gasteiger partial charge in [-0.3, -0.25) is 4.40 Å². The number of aromatic nitrogens is 3. The zero-order chi connectivity index (χ0) is 21.6. The topological polar surface area (TPSA) is 54.2 Å². The second-order valence-electron chi connectivity index (χ2n) is 6.85. The van der Waals surface area contributed by atoms with E-state index in [0.29, 0.717) is 5.82 Å². The Hall–Kier alpha value is -3.16. The number of anilines is 3. The predicted molar refractivity (Wildman–Crippen MR) is 135 cm³/mol. The van der Waals surface area contributed by atoms with Crippen molar-refractivity contribution in [2.24, 2.45) is 0 Å². The average molecular weight is 446 g/mol. The van der Waals surface area contributed by atoms with E-state index in [-0.39, 0.29) is 0 Å². The van der Waals surface area contributed by atoms with Crippen molar-refractivity contribution in [2.45, 2.75) is 11.8 Å². The fourth-order valence-corrected chi connectivity index (χ4v) is 4.16. The van der Waals surface area contributed by atoms with Crippen LogP contribution in [-0.4, -0.2) is 20.6 Å². The molecule has 0 aliphatic carbocycles. The molecular formula is C24H23N5S2. The number of hydrogen-bond acceptors (Lipinski definition) is 6. The smallest absolute Gasteiger partial charge is 0.180 e. The summed E-state index contributed by atoms with van der Waals surface area (Å²) in [6.45, 7) is 6.01. The van der Waals surface area contributed by atoms with Crippen molar-refractivity contribution in [1.29, 1.82) is 0 Å². The fourth-order valence-electron chi connectivity index (χ4n) is 3.04. The number of benzene rings is 2. The van der Waals surface area contributed by atoms with Crippen LogP contribution in [-0.2, 0) is 0 Å². The number of thioether (sulfide) groups is 1. The Kier molecular flexibility index (Phi) is 6.64. The molecule has 156 valence electrons. The molecule has 0 spiro atoms. The van der Waals surface area contributed by atoms with Gasteiger partial charge in [-0.15, -0.1) is 11.8 Å². The lowest BCUT2D eigenvalue weighted by molar-refractivity contribution is 1.11. The molecule has 7 heteroatoms. The molecule has 5 nitrogen and oxygen atoms in total. The van der Waals surface area contributed by atoms with E-state index in [2.05, 4.69) is 63.2 Å². The quantitative estimate of drug-likeness (QED) is 0.230. The molecule has 0 unspecified atom stereocenters. The van der Waals surface area contributed by atoms with Gasteiger partial charge >= 0.3 is 0 Å². The van der Waals surface area contributed by atoms with E-state index in [9.17, 15) is 0 Å². The monoisotopic (exact) mass is 445 g/mol. The van der Waals surface area contributed by atoms with Gasteiger partial charge in [0.2, 0.25) is 0 Å². The Balaban J connectivity index is 1.49. The van der Waals surface area contributed by atoms with Crippen LogP contribution in [0.1, 0.15) is 11.3 Å². The summed E-state index contributed by atoms with van der Waals surface area (Å²) in [4.78, 5) is 10.2. The molecule has 31 heavy (non-hydrogen) atoms. The Morgan fingerprint density at radius 1 is 1.03 bits per heavy atom. The highest BCUT2D eigenvalue weighted by Gasteiger charge is 2.11. The first-order chi connectivity index (χ1) is 15.2. The lowest BCUT2D eigenvalue weighted by atomic mass is 10.2. The number of nitrogens with one attached hydrogen (secondary N) is 2. The van der Waals surface area contributed by atoms with E-state index in [1.54, 1.807) is 29.9 Å². The number of nitrogens with zero attached hydrogens (tertiary/aromatic N) is 3. The summed E-state index contributed by atoms with van der Waals surface area (Å²) in [5.41, 5.74) is 6.01. The van der Waals surface area contributed by atoms with Crippen LogP contribution in [0.3, 0.4) is 0 Å². The molecule has 0 saturated heterocycles. The van der Waals surface area contributed by atoms with Crippen molar-refractivity contribution in [2.75, 3.05) is 16.3 Å². The molecule has 2 aromatic heterocycles. The standard InChI is InChI=1S/C24H23N5S2/c1-4-18(16-30-3)22-15-26-24-23(25-13-14-29(22)24)27-19-7-9-20(10-8-19)28-31-21-11-5-17(2)6-12-21/h4-16,28H,1H2,2-3H3,(H,25,27)/b18-16+. The minimum absolute atomic E-state index is 0.705. The van der Waals surface area contributed by atoms with E-state index in [1.807, 2.05) is 53.4 Å². The number of hydrogen-bond donors (Lipinski definition) is 2. The Morgan fingerprint density at radius 2 is 1.77 bits per heavy atom. The van der Waals surface area contributed by atoms with Crippen molar-refractivity contribution in [3.8, 4) is 0 Å². The highest BCUT2D eigenvalue weighted by molar-refractivity contribution is 8.01. The molecule has 4 aromatic rings. The van der Waals surface area contributed by atoms with Gasteiger partial charge in [0.15, 0.2) is 11.5 Å². The van der Waals surface area contributed by atoms with E-state index < -0.39 is 0 Å². The second-order valence-corrected chi connectivity index (χ2v) is 8.43. The van der Waals surface area contributed by atoms with Gasteiger partial charge in [0.05, 0.1) is 11.9 Å². The van der Waals surface area contributed by atoms with Gasteiger partial charge in [-0.1, -0.05) is 30.4 Å². The molecule has 0 fully saturated rings. The molecule has 0 aliphatic rings. The molecule has 0 aliphatic heterocycles. The van der Waals surface area contributed by atoms with Gasteiger partial charge < -0.3 is 10.0 Å². The maximum Gasteiger partial charge on any atom is 0.180 e. The van der Waals surface area contributed by atoms with Crippen LogP contribution in [0.4, 0.5) is 17.2 Å². The largest absolute Gasteiger partial charge is 0.337 e. The summed E-state index contributed by atoms with van der Waals surface area (Å²) in [7, 11) is 0. The van der Waals surface area contributed by atoms with Crippen molar-refractivity contribution in [1.82, 2.24) is 14.4 Å². The van der Waals surface area contributed by atoms with E-state index in [1.165, 1.54) is 10.5 Å². The lowest BCUT2D eigenvalue weighted by Crippen LogP contribution is -1.99. The summed E-state index contributed by atoms with van der Waals surface area (Å²) in [5, 5.41) is 5.44. The van der Waals surface area contributed by atoms with Gasteiger partial charge in [0.25, 0.3) is 0 Å². The molecule has 2 aromatic carbocycles. The maximum atomic E-state index is 4.58. The van der Waals surface area contributed by atoms with Gasteiger partial charge in [0.1, 0.15) is 0 Å². The van der Waals surface area contributed by atoms with Gasteiger partial charge in [-0.25, -0.2) is 9.97 Å². The van der Waals surface area contributed by atoms with E-state index >= 15 is 0 Å². The number of aryl methyl sites for hydroxylation is 1. The van der Waals surface area contributed by atoms with Gasteiger partial charge in [0, 0.05) is 34.2 Å². The first kappa shape index (κ1) is 21.1. The van der Waals surface area contributed by atoms with Crippen LogP contribution in [0, 0.1) is 6.92 Å². The van der Waals surface area contributed by atoms with Crippen molar-refractivity contribution < 1.29 is 0 Å². The third kappa shape index (κ3) is 4.95. The van der Waals surface area contributed by atoms with Crippen LogP contribution in [0.25, 0.3) is 11.2 Å². The number of rotatable bonds is 8. The molecule has 0 radical (unpaired) electrons. The Morgan fingerprint density at radius 3 is 2.48 bits per heavy atom. The Labute approximate surface area is 190 Å². The van der Waals surface area contributed by atoms with E-state index in [0.717, 1.165) is 28.3 Å².